The summed E-state index contributed by atoms with van der Waals surface area (Å²) in [7, 11) is 0. The molecule has 0 aliphatic carbocycles. The maximum absolute atomic E-state index is 11.5. The van der Waals surface area contributed by atoms with Gasteiger partial charge in [-0.1, -0.05) is 12.8 Å². The fourth-order valence-electron chi connectivity index (χ4n) is 2.21. The van der Waals surface area contributed by atoms with Gasteiger partial charge >= 0.3 is 0 Å². The Bertz CT molecular complexity index is 368. The molecule has 1 aliphatic heterocycles. The van der Waals surface area contributed by atoms with Crippen LogP contribution in [0.1, 0.15) is 43.0 Å². The Morgan fingerprint density at radius 2 is 1.94 bits per heavy atom. The van der Waals surface area contributed by atoms with Crippen molar-refractivity contribution in [3.8, 4) is 0 Å². The van der Waals surface area contributed by atoms with Crippen molar-refractivity contribution >= 4 is 11.6 Å². The lowest BCUT2D eigenvalue weighted by molar-refractivity contribution is 0.101. The van der Waals surface area contributed by atoms with Crippen LogP contribution >= 0.6 is 0 Å². The van der Waals surface area contributed by atoms with Crippen LogP contribution in [0.5, 0.6) is 0 Å². The van der Waals surface area contributed by atoms with Gasteiger partial charge in [0.15, 0.2) is 5.78 Å². The average Bonchev–Trinajstić information content (AvgIpc) is 2.57. The molecule has 0 aromatic carbocycles. The Morgan fingerprint density at radius 1 is 1.25 bits per heavy atom. The molecule has 1 aliphatic rings. The highest BCUT2D eigenvalue weighted by molar-refractivity contribution is 5.98. The summed E-state index contributed by atoms with van der Waals surface area (Å²) in [6.45, 7) is 3.66. The smallest absolute Gasteiger partial charge is 0.163 e. The molecule has 0 amide bonds. The Balaban J connectivity index is 2.27. The molecular weight excluding hydrogens is 200 g/mol. The van der Waals surface area contributed by atoms with E-state index in [9.17, 15) is 4.79 Å². The van der Waals surface area contributed by atoms with Crippen LogP contribution in [0.15, 0.2) is 18.3 Å². The number of nitrogens with zero attached hydrogens (tertiary/aromatic N) is 2. The van der Waals surface area contributed by atoms with Crippen molar-refractivity contribution in [2.45, 2.75) is 32.6 Å². The SMILES string of the molecule is CC(=O)c1cccnc1N1CCCCCC1. The molecule has 1 fully saturated rings. The van der Waals surface area contributed by atoms with Crippen molar-refractivity contribution in [2.24, 2.45) is 0 Å². The van der Waals surface area contributed by atoms with Gasteiger partial charge in [0.05, 0.1) is 5.56 Å². The molecule has 0 N–H and O–H groups in total. The van der Waals surface area contributed by atoms with E-state index in [-0.39, 0.29) is 5.78 Å². The molecule has 16 heavy (non-hydrogen) atoms. The number of carbonyl (C=O) groups excluding carboxylic acids is 1. The molecule has 1 aromatic heterocycles. The van der Waals surface area contributed by atoms with Gasteiger partial charge in [-0.05, 0) is 31.9 Å². The molecule has 2 rings (SSSR count). The molecule has 0 unspecified atom stereocenters. The average molecular weight is 218 g/mol. The van der Waals surface area contributed by atoms with E-state index < -0.39 is 0 Å². The lowest BCUT2D eigenvalue weighted by Gasteiger charge is -2.23. The van der Waals surface area contributed by atoms with E-state index in [0.29, 0.717) is 0 Å². The lowest BCUT2D eigenvalue weighted by Crippen LogP contribution is -2.26. The highest BCUT2D eigenvalue weighted by atomic mass is 16.1. The summed E-state index contributed by atoms with van der Waals surface area (Å²) >= 11 is 0. The van der Waals surface area contributed by atoms with Crippen LogP contribution in [-0.4, -0.2) is 23.9 Å². The maximum Gasteiger partial charge on any atom is 0.163 e. The third kappa shape index (κ3) is 2.40. The molecule has 1 saturated heterocycles. The van der Waals surface area contributed by atoms with E-state index in [1.54, 1.807) is 13.1 Å². The van der Waals surface area contributed by atoms with Gasteiger partial charge in [-0.25, -0.2) is 4.98 Å². The van der Waals surface area contributed by atoms with Gasteiger partial charge in [-0.2, -0.15) is 0 Å². The van der Waals surface area contributed by atoms with E-state index in [0.717, 1.165) is 24.5 Å². The first kappa shape index (κ1) is 11.1. The zero-order chi connectivity index (χ0) is 11.4. The highest BCUT2D eigenvalue weighted by Crippen LogP contribution is 2.21. The number of hydrogen-bond donors (Lipinski definition) is 0. The number of aromatic nitrogens is 1. The quantitative estimate of drug-likeness (QED) is 0.715. The first-order chi connectivity index (χ1) is 7.79. The minimum Gasteiger partial charge on any atom is -0.356 e. The number of Topliss-reactive ketones (excluding diaryl/α,β-unsaturated/α-hetero) is 1. The normalized spacial score (nSPS) is 16.9. The Hall–Kier alpha value is -1.38. The van der Waals surface area contributed by atoms with Crippen LogP contribution in [0, 0.1) is 0 Å². The standard InChI is InChI=1S/C13H18N2O/c1-11(16)12-7-6-8-14-13(12)15-9-4-2-3-5-10-15/h6-8H,2-5,9-10H2,1H3. The van der Waals surface area contributed by atoms with Crippen LogP contribution in [0.2, 0.25) is 0 Å². The van der Waals surface area contributed by atoms with Crippen molar-refractivity contribution in [2.75, 3.05) is 18.0 Å². The third-order valence-corrected chi connectivity index (χ3v) is 3.07. The first-order valence-corrected chi connectivity index (χ1v) is 6.00. The predicted molar refractivity (Wildman–Crippen MR) is 64.9 cm³/mol. The molecule has 0 bridgehead atoms. The van der Waals surface area contributed by atoms with Crippen LogP contribution in [-0.2, 0) is 0 Å². The number of carbonyl (C=O) groups is 1. The molecule has 3 heteroatoms. The van der Waals surface area contributed by atoms with Crippen molar-refractivity contribution in [1.82, 2.24) is 4.98 Å². The number of ketones is 1. The van der Waals surface area contributed by atoms with E-state index in [2.05, 4.69) is 9.88 Å². The second-order valence-corrected chi connectivity index (χ2v) is 4.33. The second kappa shape index (κ2) is 5.10. The van der Waals surface area contributed by atoms with Gasteiger partial charge in [0, 0.05) is 19.3 Å². The summed E-state index contributed by atoms with van der Waals surface area (Å²) in [4.78, 5) is 18.2. The van der Waals surface area contributed by atoms with Crippen LogP contribution in [0.3, 0.4) is 0 Å². The molecule has 2 heterocycles. The topological polar surface area (TPSA) is 33.2 Å². The summed E-state index contributed by atoms with van der Waals surface area (Å²) in [6, 6.07) is 3.70. The van der Waals surface area contributed by atoms with Gasteiger partial charge in [0.25, 0.3) is 0 Å². The zero-order valence-electron chi connectivity index (χ0n) is 9.78. The van der Waals surface area contributed by atoms with Crippen molar-refractivity contribution in [3.63, 3.8) is 0 Å². The van der Waals surface area contributed by atoms with Gasteiger partial charge in [0.2, 0.25) is 0 Å². The largest absolute Gasteiger partial charge is 0.356 e. The van der Waals surface area contributed by atoms with Crippen molar-refractivity contribution in [1.29, 1.82) is 0 Å². The van der Waals surface area contributed by atoms with Gasteiger partial charge in [0.1, 0.15) is 5.82 Å². The van der Waals surface area contributed by atoms with Gasteiger partial charge in [-0.15, -0.1) is 0 Å². The molecule has 0 radical (unpaired) electrons. The van der Waals surface area contributed by atoms with Gasteiger partial charge < -0.3 is 4.90 Å². The molecular formula is C13H18N2O. The van der Waals surface area contributed by atoms with E-state index in [1.807, 2.05) is 12.1 Å². The summed E-state index contributed by atoms with van der Waals surface area (Å²) in [5, 5.41) is 0. The third-order valence-electron chi connectivity index (χ3n) is 3.07. The van der Waals surface area contributed by atoms with E-state index in [4.69, 9.17) is 0 Å². The first-order valence-electron chi connectivity index (χ1n) is 6.00. The molecule has 86 valence electrons. The van der Waals surface area contributed by atoms with Crippen LogP contribution in [0.25, 0.3) is 0 Å². The Morgan fingerprint density at radius 3 is 2.56 bits per heavy atom. The van der Waals surface area contributed by atoms with Gasteiger partial charge in [-0.3, -0.25) is 4.79 Å². The minimum absolute atomic E-state index is 0.104. The fourth-order valence-corrected chi connectivity index (χ4v) is 2.21. The van der Waals surface area contributed by atoms with E-state index in [1.165, 1.54) is 25.7 Å². The molecule has 0 saturated carbocycles. The summed E-state index contributed by atoms with van der Waals surface area (Å²) in [5.74, 6) is 0.976. The monoisotopic (exact) mass is 218 g/mol. The number of rotatable bonds is 2. The highest BCUT2D eigenvalue weighted by Gasteiger charge is 2.16. The number of pyridine rings is 1. The number of anilines is 1. The molecule has 1 aromatic rings. The second-order valence-electron chi connectivity index (χ2n) is 4.33. The minimum atomic E-state index is 0.104. The zero-order valence-corrected chi connectivity index (χ0v) is 9.78. The van der Waals surface area contributed by atoms with E-state index >= 15 is 0 Å². The summed E-state index contributed by atoms with van der Waals surface area (Å²) < 4.78 is 0. The van der Waals surface area contributed by atoms with Crippen molar-refractivity contribution < 1.29 is 4.79 Å². The van der Waals surface area contributed by atoms with Crippen molar-refractivity contribution in [3.05, 3.63) is 23.9 Å². The fraction of sp³-hybridized carbons (Fsp3) is 0.538. The molecule has 0 atom stereocenters. The summed E-state index contributed by atoms with van der Waals surface area (Å²) in [5.41, 5.74) is 0.754. The Labute approximate surface area is 96.5 Å². The number of hydrogen-bond acceptors (Lipinski definition) is 3. The lowest BCUT2D eigenvalue weighted by atomic mass is 10.1. The molecule has 3 nitrogen and oxygen atoms in total. The van der Waals surface area contributed by atoms with Crippen LogP contribution < -0.4 is 4.90 Å². The maximum atomic E-state index is 11.5. The molecule has 0 spiro atoms. The predicted octanol–water partition coefficient (Wildman–Crippen LogP) is 2.66. The summed E-state index contributed by atoms with van der Waals surface area (Å²) in [6.07, 6.45) is 6.76. The van der Waals surface area contributed by atoms with Crippen LogP contribution in [0.4, 0.5) is 5.82 Å². The Kier molecular flexibility index (Phi) is 3.54.